The molecule has 0 aliphatic heterocycles. The zero-order valence-electron chi connectivity index (χ0n) is 6.32. The molecule has 0 saturated carbocycles. The van der Waals surface area contributed by atoms with E-state index in [0.717, 1.165) is 5.57 Å². The highest BCUT2D eigenvalue weighted by Gasteiger charge is 1.86. The molecule has 1 N–H and O–H groups in total. The molecule has 10 heavy (non-hydrogen) atoms. The first-order valence-corrected chi connectivity index (χ1v) is 3.32. The summed E-state index contributed by atoms with van der Waals surface area (Å²) in [6, 6.07) is 0. The molecule has 0 aliphatic carbocycles. The van der Waals surface area contributed by atoms with Crippen LogP contribution in [-0.4, -0.2) is 19.8 Å². The minimum atomic E-state index is -0.302. The van der Waals surface area contributed by atoms with Gasteiger partial charge in [0.05, 0.1) is 13.3 Å². The Morgan fingerprint density at radius 3 is 2.90 bits per heavy atom. The van der Waals surface area contributed by atoms with E-state index in [1.54, 1.807) is 0 Å². The molecule has 0 spiro atoms. The number of rotatable bonds is 6. The van der Waals surface area contributed by atoms with Crippen LogP contribution in [0.25, 0.3) is 0 Å². The fraction of sp³-hybridized carbons (Fsp3) is 0.714. The van der Waals surface area contributed by atoms with E-state index < -0.39 is 0 Å². The van der Waals surface area contributed by atoms with Crippen molar-refractivity contribution < 1.29 is 9.23 Å². The molecule has 2 nitrogen and oxygen atoms in total. The molecule has 0 aromatic rings. The summed E-state index contributed by atoms with van der Waals surface area (Å²) in [4.78, 5) is 4.88. The van der Waals surface area contributed by atoms with Gasteiger partial charge in [-0.15, -0.1) is 0 Å². The SMILES string of the molecule is C=C(C)CONCCCF. The molecular formula is C7H14FNO. The molecule has 0 aliphatic rings. The second kappa shape index (κ2) is 6.71. The molecule has 0 rings (SSSR count). The third-order valence-electron chi connectivity index (χ3n) is 0.833. The third-order valence-corrected chi connectivity index (χ3v) is 0.833. The Balaban J connectivity index is 2.84. The molecule has 0 radical (unpaired) electrons. The van der Waals surface area contributed by atoms with Crippen molar-refractivity contribution in [3.63, 3.8) is 0 Å². The van der Waals surface area contributed by atoms with Crippen molar-refractivity contribution in [2.75, 3.05) is 19.8 Å². The number of hydroxylamine groups is 1. The predicted molar refractivity (Wildman–Crippen MR) is 39.4 cm³/mol. The molecule has 0 fully saturated rings. The number of hydrogen-bond donors (Lipinski definition) is 1. The summed E-state index contributed by atoms with van der Waals surface area (Å²) in [6.45, 7) is 6.26. The van der Waals surface area contributed by atoms with Crippen molar-refractivity contribution in [1.82, 2.24) is 5.48 Å². The summed E-state index contributed by atoms with van der Waals surface area (Å²) in [6.07, 6.45) is 0.496. The Morgan fingerprint density at radius 1 is 1.70 bits per heavy atom. The molecule has 0 heterocycles. The maximum absolute atomic E-state index is 11.5. The lowest BCUT2D eigenvalue weighted by Crippen LogP contribution is -2.17. The van der Waals surface area contributed by atoms with Gasteiger partial charge in [0, 0.05) is 6.54 Å². The van der Waals surface area contributed by atoms with Gasteiger partial charge in [-0.3, -0.25) is 9.23 Å². The van der Waals surface area contributed by atoms with Crippen molar-refractivity contribution in [2.24, 2.45) is 0 Å². The van der Waals surface area contributed by atoms with Gasteiger partial charge in [-0.05, 0) is 13.3 Å². The molecule has 0 unspecified atom stereocenters. The van der Waals surface area contributed by atoms with Crippen LogP contribution < -0.4 is 5.48 Å². The highest BCUT2D eigenvalue weighted by atomic mass is 19.1. The van der Waals surface area contributed by atoms with Gasteiger partial charge in [-0.2, -0.15) is 0 Å². The van der Waals surface area contributed by atoms with Crippen molar-refractivity contribution in [2.45, 2.75) is 13.3 Å². The molecule has 0 atom stereocenters. The summed E-state index contributed by atoms with van der Waals surface area (Å²) in [5.74, 6) is 0. The second-order valence-electron chi connectivity index (χ2n) is 2.18. The van der Waals surface area contributed by atoms with Gasteiger partial charge in [0.15, 0.2) is 0 Å². The van der Waals surface area contributed by atoms with E-state index in [2.05, 4.69) is 12.1 Å². The van der Waals surface area contributed by atoms with Crippen molar-refractivity contribution in [3.05, 3.63) is 12.2 Å². The van der Waals surface area contributed by atoms with Gasteiger partial charge < -0.3 is 0 Å². The predicted octanol–water partition coefficient (Wildman–Crippen LogP) is 1.44. The Kier molecular flexibility index (Phi) is 6.43. The van der Waals surface area contributed by atoms with E-state index in [0.29, 0.717) is 19.6 Å². The Bertz CT molecular complexity index is 95.6. The number of hydrogen-bond acceptors (Lipinski definition) is 2. The highest BCUT2D eigenvalue weighted by Crippen LogP contribution is 1.85. The molecule has 0 amide bonds. The van der Waals surface area contributed by atoms with Crippen LogP contribution in [0.5, 0.6) is 0 Å². The van der Waals surface area contributed by atoms with Crippen LogP contribution in [0.2, 0.25) is 0 Å². The first-order valence-electron chi connectivity index (χ1n) is 3.32. The van der Waals surface area contributed by atoms with Crippen LogP contribution in [0.3, 0.4) is 0 Å². The van der Waals surface area contributed by atoms with Crippen LogP contribution in [0.1, 0.15) is 13.3 Å². The first kappa shape index (κ1) is 9.59. The second-order valence-corrected chi connectivity index (χ2v) is 2.18. The van der Waals surface area contributed by atoms with Gasteiger partial charge >= 0.3 is 0 Å². The zero-order valence-corrected chi connectivity index (χ0v) is 6.32. The molecule has 0 saturated heterocycles. The lowest BCUT2D eigenvalue weighted by Gasteiger charge is -2.02. The van der Waals surface area contributed by atoms with E-state index >= 15 is 0 Å². The number of alkyl halides is 1. The monoisotopic (exact) mass is 147 g/mol. The van der Waals surface area contributed by atoms with E-state index in [4.69, 9.17) is 4.84 Å². The summed E-state index contributed by atoms with van der Waals surface area (Å²) in [7, 11) is 0. The lowest BCUT2D eigenvalue weighted by molar-refractivity contribution is 0.0564. The molecular weight excluding hydrogens is 133 g/mol. The molecule has 0 bridgehead atoms. The Morgan fingerprint density at radius 2 is 2.40 bits per heavy atom. The smallest absolute Gasteiger partial charge is 0.0907 e. The number of halogens is 1. The molecule has 0 aromatic carbocycles. The normalized spacial score (nSPS) is 9.80. The summed E-state index contributed by atoms with van der Waals surface area (Å²) >= 11 is 0. The van der Waals surface area contributed by atoms with Crippen LogP contribution in [0.15, 0.2) is 12.2 Å². The standard InChI is InChI=1S/C7H14FNO/c1-7(2)6-10-9-5-3-4-8/h9H,1,3-6H2,2H3. The number of nitrogens with one attached hydrogen (secondary N) is 1. The van der Waals surface area contributed by atoms with Gasteiger partial charge in [-0.1, -0.05) is 12.2 Å². The Hall–Kier alpha value is -0.410. The van der Waals surface area contributed by atoms with Crippen LogP contribution in [0.4, 0.5) is 4.39 Å². The van der Waals surface area contributed by atoms with Crippen LogP contribution in [-0.2, 0) is 4.84 Å². The van der Waals surface area contributed by atoms with E-state index in [1.165, 1.54) is 0 Å². The summed E-state index contributed by atoms with van der Waals surface area (Å²) < 4.78 is 11.5. The van der Waals surface area contributed by atoms with Crippen LogP contribution in [0, 0.1) is 0 Å². The zero-order chi connectivity index (χ0) is 7.82. The minimum absolute atomic E-state index is 0.302. The lowest BCUT2D eigenvalue weighted by atomic mass is 10.4. The van der Waals surface area contributed by atoms with Crippen molar-refractivity contribution >= 4 is 0 Å². The fourth-order valence-electron chi connectivity index (χ4n) is 0.385. The quantitative estimate of drug-likeness (QED) is 0.349. The molecule has 3 heteroatoms. The van der Waals surface area contributed by atoms with Gasteiger partial charge in [-0.25, -0.2) is 5.48 Å². The van der Waals surface area contributed by atoms with Gasteiger partial charge in [0.2, 0.25) is 0 Å². The maximum Gasteiger partial charge on any atom is 0.0907 e. The summed E-state index contributed by atoms with van der Waals surface area (Å²) in [5.41, 5.74) is 3.57. The fourth-order valence-corrected chi connectivity index (χ4v) is 0.385. The topological polar surface area (TPSA) is 21.3 Å². The highest BCUT2D eigenvalue weighted by molar-refractivity contribution is 4.86. The average molecular weight is 147 g/mol. The van der Waals surface area contributed by atoms with Crippen molar-refractivity contribution in [3.8, 4) is 0 Å². The Labute approximate surface area is 61.0 Å². The van der Waals surface area contributed by atoms with E-state index in [-0.39, 0.29) is 6.67 Å². The molecule has 0 aromatic heterocycles. The molecule has 60 valence electrons. The van der Waals surface area contributed by atoms with Gasteiger partial charge in [0.1, 0.15) is 0 Å². The maximum atomic E-state index is 11.5. The third kappa shape index (κ3) is 7.59. The largest absolute Gasteiger partial charge is 0.297 e. The minimum Gasteiger partial charge on any atom is -0.297 e. The summed E-state index contributed by atoms with van der Waals surface area (Å²) in [5, 5.41) is 0. The van der Waals surface area contributed by atoms with Crippen LogP contribution >= 0.6 is 0 Å². The first-order chi connectivity index (χ1) is 4.77. The van der Waals surface area contributed by atoms with E-state index in [1.807, 2.05) is 6.92 Å². The van der Waals surface area contributed by atoms with Crippen molar-refractivity contribution in [1.29, 1.82) is 0 Å². The van der Waals surface area contributed by atoms with E-state index in [9.17, 15) is 4.39 Å². The average Bonchev–Trinajstić information content (AvgIpc) is 1.87. The van der Waals surface area contributed by atoms with Gasteiger partial charge in [0.25, 0.3) is 0 Å².